The minimum absolute atomic E-state index is 0.259. The molecule has 1 aromatic heterocycles. The van der Waals surface area contributed by atoms with Crippen molar-refractivity contribution < 1.29 is 0 Å². The molecule has 0 aromatic carbocycles. The number of hydrogen-bond donors (Lipinski definition) is 1. The van der Waals surface area contributed by atoms with Gasteiger partial charge in [-0.05, 0) is 0 Å². The van der Waals surface area contributed by atoms with Crippen molar-refractivity contribution in [2.75, 3.05) is 5.73 Å². The average Bonchev–Trinajstić information content (AvgIpc) is 1.77. The standard InChI is InChI=1S/C4H3ClN3/c5-3-1-8-4(6)2-7-3/h1H,(H2,6,8). The molecule has 0 atom stereocenters. The van der Waals surface area contributed by atoms with E-state index in [1.165, 1.54) is 6.20 Å². The van der Waals surface area contributed by atoms with Crippen LogP contribution in [0.25, 0.3) is 0 Å². The van der Waals surface area contributed by atoms with E-state index in [1.807, 2.05) is 0 Å². The third-order valence-electron chi connectivity index (χ3n) is 0.587. The molecule has 0 fully saturated rings. The van der Waals surface area contributed by atoms with E-state index in [1.54, 1.807) is 0 Å². The molecule has 1 heterocycles. The molecular weight excluding hydrogens is 126 g/mol. The molecular formula is C4H3ClN3. The van der Waals surface area contributed by atoms with Crippen LogP contribution in [0.1, 0.15) is 0 Å². The molecule has 0 spiro atoms. The lowest BCUT2D eigenvalue weighted by Crippen LogP contribution is -1.89. The van der Waals surface area contributed by atoms with Gasteiger partial charge in [-0.2, -0.15) is 0 Å². The Morgan fingerprint density at radius 1 is 1.75 bits per heavy atom. The number of nitrogens with zero attached hydrogens (tertiary/aromatic N) is 2. The highest BCUT2D eigenvalue weighted by atomic mass is 35.5. The first kappa shape index (κ1) is 5.31. The van der Waals surface area contributed by atoms with Gasteiger partial charge in [0.05, 0.1) is 6.20 Å². The van der Waals surface area contributed by atoms with Crippen LogP contribution in [0.5, 0.6) is 0 Å². The number of nitrogen functional groups attached to an aromatic ring is 1. The van der Waals surface area contributed by atoms with Crippen molar-refractivity contribution in [1.82, 2.24) is 9.97 Å². The highest BCUT2D eigenvalue weighted by molar-refractivity contribution is 6.29. The number of aromatic nitrogens is 2. The number of halogens is 1. The lowest BCUT2D eigenvalue weighted by atomic mass is 10.7. The van der Waals surface area contributed by atoms with E-state index in [0.29, 0.717) is 5.15 Å². The monoisotopic (exact) mass is 128 g/mol. The van der Waals surface area contributed by atoms with Gasteiger partial charge >= 0.3 is 0 Å². The van der Waals surface area contributed by atoms with Crippen LogP contribution in [0.2, 0.25) is 5.15 Å². The SMILES string of the molecule is Nc1[c]nc(Cl)cn1. The second-order valence-electron chi connectivity index (χ2n) is 1.19. The zero-order chi connectivity index (χ0) is 5.98. The van der Waals surface area contributed by atoms with E-state index in [0.717, 1.165) is 0 Å². The minimum Gasteiger partial charge on any atom is -0.382 e. The fourth-order valence-electron chi connectivity index (χ4n) is 0.291. The molecule has 1 rings (SSSR count). The fourth-order valence-corrected chi connectivity index (χ4v) is 0.382. The molecule has 0 amide bonds. The number of nitrogens with two attached hydrogens (primary N) is 1. The molecule has 2 N–H and O–H groups in total. The summed E-state index contributed by atoms with van der Waals surface area (Å²) in [6.45, 7) is 0. The molecule has 1 aromatic rings. The molecule has 0 aliphatic rings. The van der Waals surface area contributed by atoms with Crippen LogP contribution in [-0.2, 0) is 0 Å². The molecule has 41 valence electrons. The first-order chi connectivity index (χ1) is 3.79. The van der Waals surface area contributed by atoms with Crippen LogP contribution in [0.15, 0.2) is 6.20 Å². The number of hydrogen-bond acceptors (Lipinski definition) is 3. The van der Waals surface area contributed by atoms with Gasteiger partial charge < -0.3 is 5.73 Å². The zero-order valence-corrected chi connectivity index (χ0v) is 4.68. The summed E-state index contributed by atoms with van der Waals surface area (Å²) in [5.74, 6) is 0.259. The normalized spacial score (nSPS) is 9.12. The van der Waals surface area contributed by atoms with Crippen molar-refractivity contribution in [3.05, 3.63) is 17.5 Å². The summed E-state index contributed by atoms with van der Waals surface area (Å²) in [6.07, 6.45) is 3.75. The molecule has 4 heteroatoms. The van der Waals surface area contributed by atoms with Crippen molar-refractivity contribution in [3.8, 4) is 0 Å². The summed E-state index contributed by atoms with van der Waals surface area (Å²) in [5, 5.41) is 0.305. The second-order valence-corrected chi connectivity index (χ2v) is 1.58. The third kappa shape index (κ3) is 1.07. The van der Waals surface area contributed by atoms with Crippen LogP contribution in [0.4, 0.5) is 5.82 Å². The Bertz CT molecular complexity index is 150. The van der Waals surface area contributed by atoms with Gasteiger partial charge in [0.1, 0.15) is 11.3 Å². The van der Waals surface area contributed by atoms with Gasteiger partial charge in [0.15, 0.2) is 5.82 Å². The Kier molecular flexibility index (Phi) is 1.30. The highest BCUT2D eigenvalue weighted by Gasteiger charge is 1.86. The van der Waals surface area contributed by atoms with Gasteiger partial charge in [0.2, 0.25) is 0 Å². The molecule has 0 saturated heterocycles. The summed E-state index contributed by atoms with van der Waals surface area (Å²) in [5.41, 5.74) is 5.14. The highest BCUT2D eigenvalue weighted by Crippen LogP contribution is 1.99. The van der Waals surface area contributed by atoms with Crippen molar-refractivity contribution >= 4 is 17.4 Å². The lowest BCUT2D eigenvalue weighted by Gasteiger charge is -1.85. The van der Waals surface area contributed by atoms with Crippen LogP contribution in [-0.4, -0.2) is 9.97 Å². The maximum atomic E-state index is 5.35. The minimum atomic E-state index is 0.259. The molecule has 1 radical (unpaired) electrons. The average molecular weight is 129 g/mol. The van der Waals surface area contributed by atoms with Gasteiger partial charge in [-0.15, -0.1) is 0 Å². The predicted molar refractivity (Wildman–Crippen MR) is 30.3 cm³/mol. The summed E-state index contributed by atoms with van der Waals surface area (Å²) in [6, 6.07) is 0. The van der Waals surface area contributed by atoms with Gasteiger partial charge in [-0.25, -0.2) is 9.97 Å². The molecule has 0 unspecified atom stereocenters. The van der Waals surface area contributed by atoms with E-state index >= 15 is 0 Å². The molecule has 0 bridgehead atoms. The quantitative estimate of drug-likeness (QED) is 0.554. The number of anilines is 1. The van der Waals surface area contributed by atoms with Crippen molar-refractivity contribution in [2.45, 2.75) is 0 Å². The van der Waals surface area contributed by atoms with Crippen LogP contribution in [0, 0.1) is 6.20 Å². The smallest absolute Gasteiger partial charge is 0.151 e. The van der Waals surface area contributed by atoms with Crippen LogP contribution >= 0.6 is 11.6 Å². The Hall–Kier alpha value is -0.830. The Balaban J connectivity index is 3.03. The van der Waals surface area contributed by atoms with Crippen LogP contribution in [0.3, 0.4) is 0 Å². The molecule has 0 saturated carbocycles. The van der Waals surface area contributed by atoms with E-state index in [9.17, 15) is 0 Å². The predicted octanol–water partition coefficient (Wildman–Crippen LogP) is 0.512. The first-order valence-corrected chi connectivity index (χ1v) is 2.32. The number of rotatable bonds is 0. The van der Waals surface area contributed by atoms with Gasteiger partial charge in [-0.3, -0.25) is 0 Å². The molecule has 0 aliphatic carbocycles. The maximum Gasteiger partial charge on any atom is 0.151 e. The van der Waals surface area contributed by atoms with Gasteiger partial charge in [0, 0.05) is 0 Å². The first-order valence-electron chi connectivity index (χ1n) is 1.95. The second kappa shape index (κ2) is 1.96. The summed E-state index contributed by atoms with van der Waals surface area (Å²) in [7, 11) is 0. The van der Waals surface area contributed by atoms with Crippen molar-refractivity contribution in [2.24, 2.45) is 0 Å². The molecule has 8 heavy (non-hydrogen) atoms. The topological polar surface area (TPSA) is 51.8 Å². The van der Waals surface area contributed by atoms with Gasteiger partial charge in [0.25, 0.3) is 0 Å². The maximum absolute atomic E-state index is 5.35. The van der Waals surface area contributed by atoms with Crippen LogP contribution < -0.4 is 5.73 Å². The largest absolute Gasteiger partial charge is 0.382 e. The van der Waals surface area contributed by atoms with Gasteiger partial charge in [-0.1, -0.05) is 11.6 Å². The fraction of sp³-hybridized carbons (Fsp3) is 0. The Morgan fingerprint density at radius 3 is 2.88 bits per heavy atom. The Labute approximate surface area is 51.5 Å². The zero-order valence-electron chi connectivity index (χ0n) is 3.93. The van der Waals surface area contributed by atoms with E-state index in [-0.39, 0.29) is 5.82 Å². The van der Waals surface area contributed by atoms with E-state index in [4.69, 9.17) is 17.3 Å². The molecule has 3 nitrogen and oxygen atoms in total. The third-order valence-corrected chi connectivity index (χ3v) is 0.770. The Morgan fingerprint density at radius 2 is 2.50 bits per heavy atom. The molecule has 0 aliphatic heterocycles. The summed E-state index contributed by atoms with van der Waals surface area (Å²) < 4.78 is 0. The van der Waals surface area contributed by atoms with Crippen molar-refractivity contribution in [3.63, 3.8) is 0 Å². The van der Waals surface area contributed by atoms with E-state index < -0.39 is 0 Å². The van der Waals surface area contributed by atoms with Crippen molar-refractivity contribution in [1.29, 1.82) is 0 Å². The van der Waals surface area contributed by atoms with E-state index in [2.05, 4.69) is 16.2 Å². The lowest BCUT2D eigenvalue weighted by molar-refractivity contribution is 1.20. The summed E-state index contributed by atoms with van der Waals surface area (Å²) >= 11 is 5.35. The summed E-state index contributed by atoms with van der Waals surface area (Å²) in [4.78, 5) is 7.14.